The first-order valence-electron chi connectivity index (χ1n) is 8.72. The van der Waals surface area contributed by atoms with E-state index in [2.05, 4.69) is 50.0 Å². The van der Waals surface area contributed by atoms with Crippen molar-refractivity contribution < 1.29 is 13.9 Å². The summed E-state index contributed by atoms with van der Waals surface area (Å²) < 4.78 is 10.6. The lowest BCUT2D eigenvalue weighted by molar-refractivity contribution is 0.0520. The summed E-state index contributed by atoms with van der Waals surface area (Å²) >= 11 is 0. The Morgan fingerprint density at radius 3 is 2.31 bits per heavy atom. The fourth-order valence-electron chi connectivity index (χ4n) is 2.86. The van der Waals surface area contributed by atoms with Crippen LogP contribution in [0.2, 0.25) is 0 Å². The SMILES string of the molecule is CCOC(=O)c1ncoc1-c1ccccc1-c1ccc(C(C)(C)C)cc1. The number of rotatable bonds is 4. The lowest BCUT2D eigenvalue weighted by atomic mass is 9.86. The van der Waals surface area contributed by atoms with Crippen molar-refractivity contribution in [2.24, 2.45) is 0 Å². The molecular formula is C22H23NO3. The zero-order chi connectivity index (χ0) is 18.7. The first-order chi connectivity index (χ1) is 12.4. The number of esters is 1. The molecule has 134 valence electrons. The Morgan fingerprint density at radius 1 is 1.04 bits per heavy atom. The van der Waals surface area contributed by atoms with Crippen LogP contribution in [0.3, 0.4) is 0 Å². The second kappa shape index (κ2) is 7.16. The number of aromatic nitrogens is 1. The molecule has 0 saturated heterocycles. The van der Waals surface area contributed by atoms with Crippen molar-refractivity contribution in [2.45, 2.75) is 33.1 Å². The van der Waals surface area contributed by atoms with E-state index in [1.165, 1.54) is 12.0 Å². The molecule has 0 atom stereocenters. The van der Waals surface area contributed by atoms with Crippen LogP contribution in [0.1, 0.15) is 43.7 Å². The van der Waals surface area contributed by atoms with Gasteiger partial charge < -0.3 is 9.15 Å². The van der Waals surface area contributed by atoms with E-state index in [0.717, 1.165) is 16.7 Å². The van der Waals surface area contributed by atoms with Gasteiger partial charge in [0.1, 0.15) is 0 Å². The number of benzene rings is 2. The minimum Gasteiger partial charge on any atom is -0.461 e. The van der Waals surface area contributed by atoms with Gasteiger partial charge in [0, 0.05) is 5.56 Å². The molecule has 0 radical (unpaired) electrons. The third kappa shape index (κ3) is 3.54. The number of carbonyl (C=O) groups excluding carboxylic acids is 1. The minimum absolute atomic E-state index is 0.0973. The van der Waals surface area contributed by atoms with Crippen LogP contribution < -0.4 is 0 Å². The van der Waals surface area contributed by atoms with Gasteiger partial charge in [-0.25, -0.2) is 9.78 Å². The number of ether oxygens (including phenoxy) is 1. The van der Waals surface area contributed by atoms with E-state index in [9.17, 15) is 4.79 Å². The van der Waals surface area contributed by atoms with Crippen molar-refractivity contribution in [3.63, 3.8) is 0 Å². The Labute approximate surface area is 153 Å². The van der Waals surface area contributed by atoms with Crippen LogP contribution in [-0.4, -0.2) is 17.6 Å². The highest BCUT2D eigenvalue weighted by Crippen LogP contribution is 2.35. The topological polar surface area (TPSA) is 52.3 Å². The predicted molar refractivity (Wildman–Crippen MR) is 102 cm³/mol. The van der Waals surface area contributed by atoms with Crippen LogP contribution in [-0.2, 0) is 10.2 Å². The van der Waals surface area contributed by atoms with Crippen molar-refractivity contribution >= 4 is 5.97 Å². The fraction of sp³-hybridized carbons (Fsp3) is 0.273. The monoisotopic (exact) mass is 349 g/mol. The largest absolute Gasteiger partial charge is 0.461 e. The Hall–Kier alpha value is -2.88. The quantitative estimate of drug-likeness (QED) is 0.585. The van der Waals surface area contributed by atoms with Gasteiger partial charge in [0.25, 0.3) is 0 Å². The van der Waals surface area contributed by atoms with E-state index < -0.39 is 5.97 Å². The standard InChI is InChI=1S/C22H23NO3/c1-5-25-21(24)19-20(26-14-23-19)18-9-7-6-8-17(18)15-10-12-16(13-11-15)22(2,3)4/h6-14H,5H2,1-4H3. The van der Waals surface area contributed by atoms with Gasteiger partial charge in [0.05, 0.1) is 6.61 Å². The second-order valence-corrected chi connectivity index (χ2v) is 7.12. The average molecular weight is 349 g/mol. The van der Waals surface area contributed by atoms with Gasteiger partial charge in [0.2, 0.25) is 0 Å². The molecule has 0 bridgehead atoms. The third-order valence-electron chi connectivity index (χ3n) is 4.27. The molecule has 0 unspecified atom stereocenters. The maximum atomic E-state index is 12.2. The lowest BCUT2D eigenvalue weighted by Crippen LogP contribution is -2.10. The Morgan fingerprint density at radius 2 is 1.69 bits per heavy atom. The Balaban J connectivity index is 2.06. The predicted octanol–water partition coefficient (Wildman–Crippen LogP) is 5.48. The van der Waals surface area contributed by atoms with Crippen LogP contribution in [0, 0.1) is 0 Å². The third-order valence-corrected chi connectivity index (χ3v) is 4.27. The molecule has 0 aliphatic heterocycles. The first kappa shape index (κ1) is 17.9. The maximum absolute atomic E-state index is 12.2. The highest BCUT2D eigenvalue weighted by atomic mass is 16.5. The molecule has 0 saturated carbocycles. The number of hydrogen-bond donors (Lipinski definition) is 0. The summed E-state index contributed by atoms with van der Waals surface area (Å²) in [7, 11) is 0. The fourth-order valence-corrected chi connectivity index (χ4v) is 2.86. The van der Waals surface area contributed by atoms with E-state index in [-0.39, 0.29) is 11.1 Å². The molecular weight excluding hydrogens is 326 g/mol. The van der Waals surface area contributed by atoms with Crippen LogP contribution in [0.5, 0.6) is 0 Å². The summed E-state index contributed by atoms with van der Waals surface area (Å²) in [5.74, 6) is -0.0481. The number of oxazole rings is 1. The molecule has 3 aromatic rings. The summed E-state index contributed by atoms with van der Waals surface area (Å²) in [5, 5.41) is 0. The molecule has 4 heteroatoms. The zero-order valence-electron chi connectivity index (χ0n) is 15.6. The van der Waals surface area contributed by atoms with Gasteiger partial charge in [-0.15, -0.1) is 0 Å². The van der Waals surface area contributed by atoms with Gasteiger partial charge in [-0.2, -0.15) is 0 Å². The van der Waals surface area contributed by atoms with Crippen LogP contribution >= 0.6 is 0 Å². The van der Waals surface area contributed by atoms with Gasteiger partial charge in [-0.1, -0.05) is 69.3 Å². The zero-order valence-corrected chi connectivity index (χ0v) is 15.6. The molecule has 3 rings (SSSR count). The molecule has 1 heterocycles. The van der Waals surface area contributed by atoms with E-state index in [1.54, 1.807) is 6.92 Å². The van der Waals surface area contributed by atoms with Crippen molar-refractivity contribution in [3.05, 3.63) is 66.2 Å². The van der Waals surface area contributed by atoms with Gasteiger partial charge in [-0.05, 0) is 29.0 Å². The molecule has 26 heavy (non-hydrogen) atoms. The van der Waals surface area contributed by atoms with Crippen molar-refractivity contribution in [3.8, 4) is 22.5 Å². The molecule has 1 aromatic heterocycles. The van der Waals surface area contributed by atoms with Crippen LogP contribution in [0.15, 0.2) is 59.3 Å². The summed E-state index contributed by atoms with van der Waals surface area (Å²) in [5.41, 5.74) is 4.42. The van der Waals surface area contributed by atoms with Crippen LogP contribution in [0.4, 0.5) is 0 Å². The van der Waals surface area contributed by atoms with Crippen molar-refractivity contribution in [1.82, 2.24) is 4.98 Å². The normalized spacial score (nSPS) is 11.4. The van der Waals surface area contributed by atoms with E-state index in [0.29, 0.717) is 12.4 Å². The summed E-state index contributed by atoms with van der Waals surface area (Å²) in [6, 6.07) is 16.3. The van der Waals surface area contributed by atoms with E-state index >= 15 is 0 Å². The smallest absolute Gasteiger partial charge is 0.360 e. The summed E-state index contributed by atoms with van der Waals surface area (Å²) in [6.45, 7) is 8.63. The summed E-state index contributed by atoms with van der Waals surface area (Å²) in [4.78, 5) is 16.2. The lowest BCUT2D eigenvalue weighted by Gasteiger charge is -2.19. The molecule has 0 fully saturated rings. The molecule has 0 N–H and O–H groups in total. The molecule has 0 aliphatic carbocycles. The van der Waals surface area contributed by atoms with E-state index in [4.69, 9.17) is 9.15 Å². The number of nitrogens with zero attached hydrogens (tertiary/aromatic N) is 1. The average Bonchev–Trinajstić information content (AvgIpc) is 3.11. The number of carbonyl (C=O) groups is 1. The van der Waals surface area contributed by atoms with Gasteiger partial charge >= 0.3 is 5.97 Å². The maximum Gasteiger partial charge on any atom is 0.360 e. The second-order valence-electron chi connectivity index (χ2n) is 7.12. The molecule has 4 nitrogen and oxygen atoms in total. The Bertz CT molecular complexity index is 902. The minimum atomic E-state index is -0.478. The summed E-state index contributed by atoms with van der Waals surface area (Å²) in [6.07, 6.45) is 1.28. The highest BCUT2D eigenvalue weighted by molar-refractivity contribution is 5.96. The van der Waals surface area contributed by atoms with Gasteiger partial charge in [-0.3, -0.25) is 0 Å². The van der Waals surface area contributed by atoms with E-state index in [1.807, 2.05) is 24.3 Å². The van der Waals surface area contributed by atoms with Gasteiger partial charge in [0.15, 0.2) is 17.8 Å². The number of hydrogen-bond acceptors (Lipinski definition) is 4. The van der Waals surface area contributed by atoms with Crippen molar-refractivity contribution in [1.29, 1.82) is 0 Å². The molecule has 2 aromatic carbocycles. The molecule has 0 amide bonds. The first-order valence-corrected chi connectivity index (χ1v) is 8.72. The Kier molecular flexibility index (Phi) is 4.94. The van der Waals surface area contributed by atoms with Crippen molar-refractivity contribution in [2.75, 3.05) is 6.61 Å². The highest BCUT2D eigenvalue weighted by Gasteiger charge is 2.22. The van der Waals surface area contributed by atoms with Crippen LogP contribution in [0.25, 0.3) is 22.5 Å². The molecule has 0 spiro atoms. The molecule has 0 aliphatic rings.